The first kappa shape index (κ1) is 15.4. The van der Waals surface area contributed by atoms with E-state index in [2.05, 4.69) is 0 Å². The Labute approximate surface area is 129 Å². The molecule has 2 aromatic rings. The number of nitrogens with two attached hydrogens (primary N) is 1. The first-order valence-electron chi connectivity index (χ1n) is 6.43. The molecular weight excluding hydrogens is 290 g/mol. The minimum absolute atomic E-state index is 0.132. The molecule has 20 heavy (non-hydrogen) atoms. The molecule has 4 heteroatoms. The second-order valence-electron chi connectivity index (χ2n) is 4.61. The summed E-state index contributed by atoms with van der Waals surface area (Å²) < 4.78 is 0. The summed E-state index contributed by atoms with van der Waals surface area (Å²) in [5, 5.41) is 11.2. The van der Waals surface area contributed by atoms with E-state index in [-0.39, 0.29) is 5.92 Å². The van der Waals surface area contributed by atoms with Crippen LogP contribution in [-0.2, 0) is 0 Å². The number of halogens is 1. The van der Waals surface area contributed by atoms with E-state index in [1.165, 1.54) is 4.90 Å². The van der Waals surface area contributed by atoms with Crippen molar-refractivity contribution >= 4 is 23.4 Å². The summed E-state index contributed by atoms with van der Waals surface area (Å²) in [5.74, 6) is -0.132. The van der Waals surface area contributed by atoms with Gasteiger partial charge in [-0.15, -0.1) is 11.8 Å². The van der Waals surface area contributed by atoms with Gasteiger partial charge in [0.2, 0.25) is 0 Å². The minimum atomic E-state index is -0.614. The highest BCUT2D eigenvalue weighted by Crippen LogP contribution is 2.31. The average molecular weight is 308 g/mol. The van der Waals surface area contributed by atoms with Gasteiger partial charge in [0.15, 0.2) is 0 Å². The Kier molecular flexibility index (Phi) is 5.49. The topological polar surface area (TPSA) is 46.2 Å². The normalized spacial score (nSPS) is 14.0. The predicted molar refractivity (Wildman–Crippen MR) is 86.4 cm³/mol. The summed E-state index contributed by atoms with van der Waals surface area (Å²) in [4.78, 5) is 1.18. The third kappa shape index (κ3) is 3.55. The Bertz CT molecular complexity index is 541. The van der Waals surface area contributed by atoms with Crippen molar-refractivity contribution in [2.24, 2.45) is 5.73 Å². The zero-order chi connectivity index (χ0) is 14.5. The van der Waals surface area contributed by atoms with Crippen LogP contribution in [0, 0.1) is 0 Å². The SMILES string of the molecule is CSc1ccc(C(O)C(CN)c2ccc(Cl)cc2)cc1. The van der Waals surface area contributed by atoms with Crippen LogP contribution < -0.4 is 5.73 Å². The Balaban J connectivity index is 2.23. The molecule has 0 fully saturated rings. The molecule has 0 spiro atoms. The zero-order valence-corrected chi connectivity index (χ0v) is 12.9. The van der Waals surface area contributed by atoms with E-state index in [4.69, 9.17) is 17.3 Å². The Morgan fingerprint density at radius 2 is 1.60 bits per heavy atom. The van der Waals surface area contributed by atoms with Crippen LogP contribution in [0.2, 0.25) is 5.02 Å². The van der Waals surface area contributed by atoms with Crippen LogP contribution in [-0.4, -0.2) is 17.9 Å². The predicted octanol–water partition coefficient (Wildman–Crippen LogP) is 3.84. The van der Waals surface area contributed by atoms with Gasteiger partial charge in [-0.05, 0) is 41.6 Å². The van der Waals surface area contributed by atoms with E-state index in [1.807, 2.05) is 54.8 Å². The van der Waals surface area contributed by atoms with Gasteiger partial charge >= 0.3 is 0 Å². The van der Waals surface area contributed by atoms with Crippen molar-refractivity contribution in [2.75, 3.05) is 12.8 Å². The van der Waals surface area contributed by atoms with E-state index in [0.717, 1.165) is 11.1 Å². The summed E-state index contributed by atoms with van der Waals surface area (Å²) in [6.07, 6.45) is 1.42. The van der Waals surface area contributed by atoms with Crippen LogP contribution >= 0.6 is 23.4 Å². The second-order valence-corrected chi connectivity index (χ2v) is 5.93. The number of benzene rings is 2. The number of hydrogen-bond donors (Lipinski definition) is 2. The molecule has 2 rings (SSSR count). The molecular formula is C16H18ClNOS. The fraction of sp³-hybridized carbons (Fsp3) is 0.250. The lowest BCUT2D eigenvalue weighted by atomic mass is 9.89. The van der Waals surface area contributed by atoms with Crippen LogP contribution in [0.15, 0.2) is 53.4 Å². The standard InChI is InChI=1S/C16H18ClNOS/c1-20-14-8-4-12(5-9-14)16(19)15(10-18)11-2-6-13(17)7-3-11/h2-9,15-16,19H,10,18H2,1H3. The van der Waals surface area contributed by atoms with Crippen LogP contribution in [0.4, 0.5) is 0 Å². The second kappa shape index (κ2) is 7.14. The van der Waals surface area contributed by atoms with E-state index in [0.29, 0.717) is 11.6 Å². The Morgan fingerprint density at radius 1 is 1.05 bits per heavy atom. The molecule has 0 aliphatic heterocycles. The van der Waals surface area contributed by atoms with Crippen LogP contribution in [0.25, 0.3) is 0 Å². The highest BCUT2D eigenvalue weighted by atomic mass is 35.5. The number of aliphatic hydroxyl groups is 1. The molecule has 0 aliphatic rings. The first-order valence-corrected chi connectivity index (χ1v) is 8.03. The van der Waals surface area contributed by atoms with Gasteiger partial charge in [0.25, 0.3) is 0 Å². The molecule has 0 aromatic heterocycles. The lowest BCUT2D eigenvalue weighted by Gasteiger charge is -2.22. The van der Waals surface area contributed by atoms with E-state index < -0.39 is 6.10 Å². The van der Waals surface area contributed by atoms with Crippen LogP contribution in [0.3, 0.4) is 0 Å². The van der Waals surface area contributed by atoms with Gasteiger partial charge in [-0.1, -0.05) is 35.9 Å². The van der Waals surface area contributed by atoms with Gasteiger partial charge in [0.05, 0.1) is 6.10 Å². The van der Waals surface area contributed by atoms with E-state index in [9.17, 15) is 5.11 Å². The molecule has 106 valence electrons. The van der Waals surface area contributed by atoms with Crippen molar-refractivity contribution in [1.82, 2.24) is 0 Å². The fourth-order valence-corrected chi connectivity index (χ4v) is 2.72. The van der Waals surface area contributed by atoms with E-state index in [1.54, 1.807) is 11.8 Å². The number of aliphatic hydroxyl groups excluding tert-OH is 1. The molecule has 0 bridgehead atoms. The molecule has 0 saturated carbocycles. The first-order chi connectivity index (χ1) is 9.65. The summed E-state index contributed by atoms with van der Waals surface area (Å²) in [5.41, 5.74) is 7.72. The Morgan fingerprint density at radius 3 is 2.10 bits per heavy atom. The summed E-state index contributed by atoms with van der Waals surface area (Å²) in [6.45, 7) is 0.382. The van der Waals surface area contributed by atoms with Crippen molar-refractivity contribution < 1.29 is 5.11 Å². The highest BCUT2D eigenvalue weighted by Gasteiger charge is 2.21. The van der Waals surface area contributed by atoms with Gasteiger partial charge in [-0.2, -0.15) is 0 Å². The Hall–Kier alpha value is -1.00. The summed E-state index contributed by atoms with van der Waals surface area (Å²) >= 11 is 7.57. The van der Waals surface area contributed by atoms with Crippen molar-refractivity contribution in [3.05, 3.63) is 64.7 Å². The third-order valence-electron chi connectivity index (χ3n) is 3.39. The van der Waals surface area contributed by atoms with Crippen molar-refractivity contribution in [1.29, 1.82) is 0 Å². The monoisotopic (exact) mass is 307 g/mol. The largest absolute Gasteiger partial charge is 0.388 e. The maximum Gasteiger partial charge on any atom is 0.0870 e. The van der Waals surface area contributed by atoms with Crippen LogP contribution in [0.1, 0.15) is 23.1 Å². The summed E-state index contributed by atoms with van der Waals surface area (Å²) in [6, 6.07) is 15.4. The molecule has 3 N–H and O–H groups in total. The van der Waals surface area contributed by atoms with Gasteiger partial charge in [0, 0.05) is 22.4 Å². The third-order valence-corrected chi connectivity index (χ3v) is 4.39. The molecule has 2 aromatic carbocycles. The summed E-state index contributed by atoms with van der Waals surface area (Å²) in [7, 11) is 0. The lowest BCUT2D eigenvalue weighted by molar-refractivity contribution is 0.147. The maximum atomic E-state index is 10.5. The number of hydrogen-bond acceptors (Lipinski definition) is 3. The molecule has 0 saturated heterocycles. The van der Waals surface area contributed by atoms with Gasteiger partial charge in [-0.25, -0.2) is 0 Å². The molecule has 0 radical (unpaired) electrons. The molecule has 0 amide bonds. The molecule has 2 unspecified atom stereocenters. The fourth-order valence-electron chi connectivity index (χ4n) is 2.19. The minimum Gasteiger partial charge on any atom is -0.388 e. The van der Waals surface area contributed by atoms with Crippen molar-refractivity contribution in [2.45, 2.75) is 16.9 Å². The van der Waals surface area contributed by atoms with Crippen molar-refractivity contribution in [3.8, 4) is 0 Å². The zero-order valence-electron chi connectivity index (χ0n) is 11.3. The molecule has 2 atom stereocenters. The molecule has 0 aliphatic carbocycles. The number of rotatable bonds is 5. The van der Waals surface area contributed by atoms with Gasteiger partial charge in [0.1, 0.15) is 0 Å². The smallest absolute Gasteiger partial charge is 0.0870 e. The maximum absolute atomic E-state index is 10.5. The number of thioether (sulfide) groups is 1. The van der Waals surface area contributed by atoms with E-state index >= 15 is 0 Å². The quantitative estimate of drug-likeness (QED) is 0.825. The lowest BCUT2D eigenvalue weighted by Crippen LogP contribution is -2.20. The van der Waals surface area contributed by atoms with Crippen LogP contribution in [0.5, 0.6) is 0 Å². The highest BCUT2D eigenvalue weighted by molar-refractivity contribution is 7.98. The average Bonchev–Trinajstić information content (AvgIpc) is 2.50. The van der Waals surface area contributed by atoms with Gasteiger partial charge in [-0.3, -0.25) is 0 Å². The van der Waals surface area contributed by atoms with Crippen molar-refractivity contribution in [3.63, 3.8) is 0 Å². The van der Waals surface area contributed by atoms with Gasteiger partial charge < -0.3 is 10.8 Å². The molecule has 2 nitrogen and oxygen atoms in total. The molecule has 0 heterocycles.